The van der Waals surface area contributed by atoms with Gasteiger partial charge in [0, 0.05) is 30.9 Å². The second-order valence-corrected chi connectivity index (χ2v) is 8.72. The Bertz CT molecular complexity index is 963. The topological polar surface area (TPSA) is 31.2 Å². The largest absolute Gasteiger partial charge is 0.461 e. The fourth-order valence-corrected chi connectivity index (χ4v) is 4.48. The van der Waals surface area contributed by atoms with Crippen LogP contribution in [0.4, 0.5) is 13.2 Å². The molecule has 2 aromatic rings. The molecule has 1 fully saturated rings. The molecule has 154 valence electrons. The zero-order chi connectivity index (χ0) is 21.0. The van der Waals surface area contributed by atoms with Gasteiger partial charge in [-0.05, 0) is 40.7 Å². The van der Waals surface area contributed by atoms with Crippen molar-refractivity contribution < 1.29 is 22.7 Å². The van der Waals surface area contributed by atoms with Crippen LogP contribution in [0.3, 0.4) is 0 Å². The van der Waals surface area contributed by atoms with Crippen molar-refractivity contribution >= 4 is 17.6 Å². The monoisotopic (exact) mass is 423 g/mol. The number of alkyl halides is 3. The normalized spacial score (nSPS) is 25.6. The Morgan fingerprint density at radius 3 is 2.55 bits per heavy atom. The van der Waals surface area contributed by atoms with Crippen LogP contribution in [0, 0.1) is 17.3 Å². The third-order valence-electron chi connectivity index (χ3n) is 6.05. The standard InChI is InChI=1S/C22H21ClF3NO2/c1-21(2)16(12-18(23)22(24,25)26)19(21)20(28)29-14-10-13-6-5-7-17(15(13)11-14)27-8-3-4-9-27/h3-9,12,14,16,19H,10-11H2,1-2H3/t14?,16-,19-/m1/s1. The third-order valence-corrected chi connectivity index (χ3v) is 6.39. The summed E-state index contributed by atoms with van der Waals surface area (Å²) >= 11 is 5.37. The summed E-state index contributed by atoms with van der Waals surface area (Å²) < 4.78 is 45.9. The number of hydrogen-bond donors (Lipinski definition) is 0. The van der Waals surface area contributed by atoms with Gasteiger partial charge in [-0.15, -0.1) is 0 Å². The molecule has 1 heterocycles. The van der Waals surface area contributed by atoms with Crippen molar-refractivity contribution in [3.8, 4) is 5.69 Å². The van der Waals surface area contributed by atoms with E-state index in [0.29, 0.717) is 12.8 Å². The van der Waals surface area contributed by atoms with E-state index in [-0.39, 0.29) is 6.10 Å². The van der Waals surface area contributed by atoms with Gasteiger partial charge in [0.1, 0.15) is 11.1 Å². The van der Waals surface area contributed by atoms with Gasteiger partial charge in [-0.2, -0.15) is 13.2 Å². The Balaban J connectivity index is 1.46. The van der Waals surface area contributed by atoms with Crippen LogP contribution in [0.2, 0.25) is 0 Å². The van der Waals surface area contributed by atoms with E-state index in [1.807, 2.05) is 47.3 Å². The Hall–Kier alpha value is -2.21. The van der Waals surface area contributed by atoms with E-state index in [4.69, 9.17) is 16.3 Å². The summed E-state index contributed by atoms with van der Waals surface area (Å²) in [5.41, 5.74) is 2.70. The smallest absolute Gasteiger partial charge is 0.426 e. The summed E-state index contributed by atoms with van der Waals surface area (Å²) in [7, 11) is 0. The van der Waals surface area contributed by atoms with Crippen molar-refractivity contribution in [2.45, 2.75) is 39.0 Å². The fraction of sp³-hybridized carbons (Fsp3) is 0.409. The number of aromatic nitrogens is 1. The van der Waals surface area contributed by atoms with Gasteiger partial charge in [0.2, 0.25) is 0 Å². The number of carbonyl (C=O) groups is 1. The van der Waals surface area contributed by atoms with Crippen molar-refractivity contribution in [1.29, 1.82) is 0 Å². The maximum Gasteiger partial charge on any atom is 0.426 e. The Morgan fingerprint density at radius 1 is 1.21 bits per heavy atom. The molecule has 0 bridgehead atoms. The van der Waals surface area contributed by atoms with Crippen LogP contribution in [0.1, 0.15) is 25.0 Å². The maximum absolute atomic E-state index is 12.7. The molecule has 1 saturated carbocycles. The molecule has 0 N–H and O–H groups in total. The molecule has 1 unspecified atom stereocenters. The van der Waals surface area contributed by atoms with Gasteiger partial charge >= 0.3 is 12.1 Å². The van der Waals surface area contributed by atoms with E-state index in [9.17, 15) is 18.0 Å². The van der Waals surface area contributed by atoms with Crippen LogP contribution in [0.25, 0.3) is 5.69 Å². The molecule has 0 aliphatic heterocycles. The first kappa shape index (κ1) is 20.1. The molecule has 1 aromatic heterocycles. The highest BCUT2D eigenvalue weighted by Gasteiger charge is 2.62. The van der Waals surface area contributed by atoms with Gasteiger partial charge in [-0.3, -0.25) is 4.79 Å². The summed E-state index contributed by atoms with van der Waals surface area (Å²) in [4.78, 5) is 12.7. The van der Waals surface area contributed by atoms with Crippen molar-refractivity contribution in [3.05, 3.63) is 65.0 Å². The average Bonchev–Trinajstić information content (AvgIpc) is 3.08. The first-order valence-electron chi connectivity index (χ1n) is 9.48. The van der Waals surface area contributed by atoms with Crippen LogP contribution in [-0.4, -0.2) is 22.8 Å². The molecule has 2 aliphatic carbocycles. The highest BCUT2D eigenvalue weighted by atomic mass is 35.5. The van der Waals surface area contributed by atoms with E-state index in [2.05, 4.69) is 0 Å². The molecule has 0 amide bonds. The lowest BCUT2D eigenvalue weighted by Crippen LogP contribution is -2.21. The molecule has 0 spiro atoms. The van der Waals surface area contributed by atoms with Crippen LogP contribution < -0.4 is 0 Å². The van der Waals surface area contributed by atoms with Crippen molar-refractivity contribution in [2.75, 3.05) is 0 Å². The van der Waals surface area contributed by atoms with E-state index in [1.54, 1.807) is 13.8 Å². The maximum atomic E-state index is 12.7. The molecule has 0 saturated heterocycles. The van der Waals surface area contributed by atoms with E-state index < -0.39 is 34.4 Å². The number of esters is 1. The molecule has 3 nitrogen and oxygen atoms in total. The number of fused-ring (bicyclic) bond motifs is 1. The highest BCUT2D eigenvalue weighted by molar-refractivity contribution is 6.30. The van der Waals surface area contributed by atoms with Crippen molar-refractivity contribution in [2.24, 2.45) is 17.3 Å². The minimum Gasteiger partial charge on any atom is -0.461 e. The summed E-state index contributed by atoms with van der Waals surface area (Å²) in [6.07, 6.45) is 1.15. The van der Waals surface area contributed by atoms with Gasteiger partial charge in [0.05, 0.1) is 5.92 Å². The first-order chi connectivity index (χ1) is 13.6. The minimum absolute atomic E-state index is 0.312. The second-order valence-electron chi connectivity index (χ2n) is 8.31. The fourth-order valence-electron chi connectivity index (χ4n) is 4.34. The van der Waals surface area contributed by atoms with Gasteiger partial charge in [-0.1, -0.05) is 43.7 Å². The number of halogens is 4. The second kappa shape index (κ2) is 6.94. The molecule has 2 aliphatic rings. The molecule has 4 rings (SSSR count). The molecule has 3 atom stereocenters. The summed E-state index contributed by atoms with van der Waals surface area (Å²) in [6.45, 7) is 3.52. The van der Waals surface area contributed by atoms with Gasteiger partial charge in [0.15, 0.2) is 0 Å². The van der Waals surface area contributed by atoms with Gasteiger partial charge in [0.25, 0.3) is 0 Å². The number of ether oxygens (including phenoxy) is 1. The quantitative estimate of drug-likeness (QED) is 0.613. The van der Waals surface area contributed by atoms with E-state index >= 15 is 0 Å². The van der Waals surface area contributed by atoms with Gasteiger partial charge in [-0.25, -0.2) is 0 Å². The molecule has 0 radical (unpaired) electrons. The average molecular weight is 424 g/mol. The molecule has 29 heavy (non-hydrogen) atoms. The number of nitrogens with zero attached hydrogens (tertiary/aromatic N) is 1. The Morgan fingerprint density at radius 2 is 1.90 bits per heavy atom. The van der Waals surface area contributed by atoms with Crippen LogP contribution in [0.5, 0.6) is 0 Å². The molecular weight excluding hydrogens is 403 g/mol. The summed E-state index contributed by atoms with van der Waals surface area (Å²) in [5, 5.41) is -1.18. The first-order valence-corrected chi connectivity index (χ1v) is 9.86. The SMILES string of the molecule is CC1(C)[C@H](C=C(Cl)C(F)(F)F)[C@@H]1C(=O)OC1Cc2cccc(-n3cccc3)c2C1. The Labute approximate surface area is 172 Å². The molecule has 7 heteroatoms. The number of carbonyl (C=O) groups excluding carboxylic acids is 1. The lowest BCUT2D eigenvalue weighted by molar-refractivity contribution is -0.151. The predicted octanol–water partition coefficient (Wildman–Crippen LogP) is 5.44. The lowest BCUT2D eigenvalue weighted by Gasteiger charge is -2.13. The highest BCUT2D eigenvalue weighted by Crippen LogP contribution is 2.60. The van der Waals surface area contributed by atoms with Crippen molar-refractivity contribution in [1.82, 2.24) is 4.57 Å². The summed E-state index contributed by atoms with van der Waals surface area (Å²) in [6, 6.07) is 9.91. The molecule has 1 aromatic carbocycles. The number of rotatable bonds is 4. The summed E-state index contributed by atoms with van der Waals surface area (Å²) in [5.74, 6) is -1.65. The van der Waals surface area contributed by atoms with Gasteiger partial charge < -0.3 is 9.30 Å². The number of benzene rings is 1. The minimum atomic E-state index is -4.60. The third kappa shape index (κ3) is 3.70. The van der Waals surface area contributed by atoms with Crippen molar-refractivity contribution in [3.63, 3.8) is 0 Å². The lowest BCUT2D eigenvalue weighted by atomic mass is 10.1. The number of allylic oxidation sites excluding steroid dienone is 2. The predicted molar refractivity (Wildman–Crippen MR) is 104 cm³/mol. The molecular formula is C22H21ClF3NO2. The van der Waals surface area contributed by atoms with E-state index in [0.717, 1.165) is 22.9 Å². The van der Waals surface area contributed by atoms with Crippen LogP contribution in [-0.2, 0) is 22.4 Å². The number of hydrogen-bond acceptors (Lipinski definition) is 2. The van der Waals surface area contributed by atoms with E-state index in [1.165, 1.54) is 0 Å². The zero-order valence-corrected chi connectivity index (χ0v) is 16.8. The van der Waals surface area contributed by atoms with Crippen LogP contribution >= 0.6 is 11.6 Å². The zero-order valence-electron chi connectivity index (χ0n) is 16.0. The van der Waals surface area contributed by atoms with Crippen LogP contribution in [0.15, 0.2) is 53.8 Å². The Kier molecular flexibility index (Phi) is 4.80.